The number of rotatable bonds is 4. The first-order valence-corrected chi connectivity index (χ1v) is 7.42. The van der Waals surface area contributed by atoms with Crippen LogP contribution in [0.25, 0.3) is 10.1 Å². The lowest BCUT2D eigenvalue weighted by molar-refractivity contribution is 0.0444. The number of benzene rings is 1. The highest BCUT2D eigenvalue weighted by molar-refractivity contribution is 7.20. The van der Waals surface area contributed by atoms with E-state index in [0.29, 0.717) is 20.7 Å². The maximum atomic E-state index is 13.6. The van der Waals surface area contributed by atoms with Gasteiger partial charge in [-0.25, -0.2) is 14.0 Å². The van der Waals surface area contributed by atoms with Gasteiger partial charge in [-0.15, -0.1) is 11.3 Å². The van der Waals surface area contributed by atoms with Crippen LogP contribution in [-0.2, 0) is 16.1 Å². The molecule has 0 amide bonds. The minimum atomic E-state index is -0.609. The van der Waals surface area contributed by atoms with Crippen molar-refractivity contribution < 1.29 is 27.9 Å². The predicted octanol–water partition coefficient (Wildman–Crippen LogP) is 3.78. The summed E-state index contributed by atoms with van der Waals surface area (Å²) < 4.78 is 29.1. The van der Waals surface area contributed by atoms with Gasteiger partial charge in [0, 0.05) is 10.1 Å². The van der Waals surface area contributed by atoms with Crippen molar-refractivity contribution >= 4 is 33.4 Å². The quantitative estimate of drug-likeness (QED) is 0.679. The van der Waals surface area contributed by atoms with E-state index < -0.39 is 11.9 Å². The van der Waals surface area contributed by atoms with Gasteiger partial charge in [0.2, 0.25) is 5.76 Å². The molecule has 2 heterocycles. The number of carbonyl (C=O) groups is 2. The Hall–Kier alpha value is -2.67. The van der Waals surface area contributed by atoms with Gasteiger partial charge in [-0.05, 0) is 30.3 Å². The molecule has 0 radical (unpaired) electrons. The molecule has 3 rings (SSSR count). The van der Waals surface area contributed by atoms with Crippen LogP contribution in [0.1, 0.15) is 26.0 Å². The third kappa shape index (κ3) is 3.09. The summed E-state index contributed by atoms with van der Waals surface area (Å²) in [5.41, 5.74) is 0. The highest BCUT2D eigenvalue weighted by atomic mass is 32.1. The van der Waals surface area contributed by atoms with Gasteiger partial charge in [-0.3, -0.25) is 0 Å². The Morgan fingerprint density at radius 2 is 2.04 bits per heavy atom. The average molecular weight is 334 g/mol. The highest BCUT2D eigenvalue weighted by Crippen LogP contribution is 2.28. The third-order valence-electron chi connectivity index (χ3n) is 3.10. The fourth-order valence-electron chi connectivity index (χ4n) is 2.00. The van der Waals surface area contributed by atoms with E-state index in [1.807, 2.05) is 0 Å². The van der Waals surface area contributed by atoms with Crippen LogP contribution in [0.3, 0.4) is 0 Å². The van der Waals surface area contributed by atoms with Crippen molar-refractivity contribution in [2.45, 2.75) is 6.61 Å². The Morgan fingerprint density at radius 1 is 1.22 bits per heavy atom. The maximum absolute atomic E-state index is 13.6. The van der Waals surface area contributed by atoms with Crippen LogP contribution in [0.4, 0.5) is 4.39 Å². The van der Waals surface area contributed by atoms with Gasteiger partial charge < -0.3 is 13.9 Å². The van der Waals surface area contributed by atoms with Gasteiger partial charge in [0.25, 0.3) is 0 Å². The molecule has 2 aromatic heterocycles. The Morgan fingerprint density at radius 3 is 2.78 bits per heavy atom. The maximum Gasteiger partial charge on any atom is 0.373 e. The van der Waals surface area contributed by atoms with Crippen LogP contribution >= 0.6 is 11.3 Å². The fourth-order valence-corrected chi connectivity index (χ4v) is 2.97. The van der Waals surface area contributed by atoms with Crippen molar-refractivity contribution in [1.29, 1.82) is 0 Å². The Balaban J connectivity index is 1.70. The van der Waals surface area contributed by atoms with Crippen molar-refractivity contribution in [1.82, 2.24) is 0 Å². The molecular formula is C16H11FO5S. The molecule has 0 saturated carbocycles. The number of thiophene rings is 1. The third-order valence-corrected chi connectivity index (χ3v) is 4.18. The first-order chi connectivity index (χ1) is 11.1. The molecule has 0 aliphatic rings. The summed E-state index contributed by atoms with van der Waals surface area (Å²) in [6.07, 6.45) is 0. The topological polar surface area (TPSA) is 65.7 Å². The first kappa shape index (κ1) is 15.2. The number of halogens is 1. The summed E-state index contributed by atoms with van der Waals surface area (Å²) in [5, 5.41) is 0.385. The van der Waals surface area contributed by atoms with Gasteiger partial charge in [0.15, 0.2) is 0 Å². The number of hydrogen-bond acceptors (Lipinski definition) is 6. The lowest BCUT2D eigenvalue weighted by Crippen LogP contribution is -2.02. The standard InChI is InChI=1S/C16H11FO5S/c1-20-15(18)12-6-5-9(22-12)8-21-16(19)14-7-10-11(17)3-2-4-13(10)23-14/h2-7H,8H2,1H3. The molecule has 23 heavy (non-hydrogen) atoms. The van der Waals surface area contributed by atoms with Gasteiger partial charge in [0.1, 0.15) is 23.1 Å². The summed E-state index contributed by atoms with van der Waals surface area (Å²) in [4.78, 5) is 23.6. The monoisotopic (exact) mass is 334 g/mol. The van der Waals surface area contributed by atoms with Crippen LogP contribution in [-0.4, -0.2) is 19.0 Å². The Labute approximate surface area is 134 Å². The normalized spacial score (nSPS) is 10.7. The van der Waals surface area contributed by atoms with Gasteiger partial charge in [0.05, 0.1) is 7.11 Å². The summed E-state index contributed by atoms with van der Waals surface area (Å²) in [6.45, 7) is -0.132. The molecule has 0 atom stereocenters. The van der Waals surface area contributed by atoms with E-state index in [1.54, 1.807) is 12.1 Å². The van der Waals surface area contributed by atoms with E-state index in [4.69, 9.17) is 9.15 Å². The average Bonchev–Trinajstić information content (AvgIpc) is 3.19. The second-order valence-electron chi connectivity index (χ2n) is 4.60. The molecule has 7 heteroatoms. The molecule has 0 saturated heterocycles. The summed E-state index contributed by atoms with van der Waals surface area (Å²) in [5.74, 6) is -1.23. The smallest absolute Gasteiger partial charge is 0.373 e. The van der Waals surface area contributed by atoms with Crippen LogP contribution in [0.2, 0.25) is 0 Å². The zero-order valence-corrected chi connectivity index (χ0v) is 12.8. The molecule has 3 aromatic rings. The number of furan rings is 1. The molecule has 0 fully saturated rings. The largest absolute Gasteiger partial charge is 0.463 e. The van der Waals surface area contributed by atoms with Crippen molar-refractivity contribution in [3.05, 3.63) is 58.6 Å². The van der Waals surface area contributed by atoms with Gasteiger partial charge in [-0.1, -0.05) is 6.07 Å². The number of ether oxygens (including phenoxy) is 2. The van der Waals surface area contributed by atoms with Crippen LogP contribution in [0.15, 0.2) is 40.8 Å². The van der Waals surface area contributed by atoms with Crippen molar-refractivity contribution in [3.63, 3.8) is 0 Å². The summed E-state index contributed by atoms with van der Waals surface area (Å²) in [6, 6.07) is 9.06. The van der Waals surface area contributed by atoms with E-state index in [0.717, 1.165) is 11.3 Å². The molecule has 0 aliphatic heterocycles. The van der Waals surface area contributed by atoms with E-state index >= 15 is 0 Å². The van der Waals surface area contributed by atoms with Crippen LogP contribution in [0.5, 0.6) is 0 Å². The molecule has 118 valence electrons. The van der Waals surface area contributed by atoms with E-state index in [9.17, 15) is 14.0 Å². The number of carbonyl (C=O) groups excluding carboxylic acids is 2. The van der Waals surface area contributed by atoms with E-state index in [1.165, 1.54) is 31.4 Å². The van der Waals surface area contributed by atoms with Crippen molar-refractivity contribution in [2.24, 2.45) is 0 Å². The fraction of sp³-hybridized carbons (Fsp3) is 0.125. The van der Waals surface area contributed by atoms with E-state index in [-0.39, 0.29) is 18.2 Å². The highest BCUT2D eigenvalue weighted by Gasteiger charge is 2.16. The summed E-state index contributed by atoms with van der Waals surface area (Å²) in [7, 11) is 1.24. The van der Waals surface area contributed by atoms with Gasteiger partial charge >= 0.3 is 11.9 Å². The Kier molecular flexibility index (Phi) is 4.12. The number of fused-ring (bicyclic) bond motifs is 1. The second kappa shape index (κ2) is 6.21. The zero-order chi connectivity index (χ0) is 16.4. The molecule has 1 aromatic carbocycles. The minimum absolute atomic E-state index is 0.0301. The first-order valence-electron chi connectivity index (χ1n) is 6.60. The lowest BCUT2D eigenvalue weighted by Gasteiger charge is -2.00. The molecule has 0 spiro atoms. The second-order valence-corrected chi connectivity index (χ2v) is 5.68. The zero-order valence-electron chi connectivity index (χ0n) is 12.0. The Bertz CT molecular complexity index is 880. The lowest BCUT2D eigenvalue weighted by atomic mass is 10.2. The van der Waals surface area contributed by atoms with Crippen molar-refractivity contribution in [3.8, 4) is 0 Å². The molecule has 0 bridgehead atoms. The van der Waals surface area contributed by atoms with Gasteiger partial charge in [-0.2, -0.15) is 0 Å². The minimum Gasteiger partial charge on any atom is -0.463 e. The van der Waals surface area contributed by atoms with Crippen LogP contribution < -0.4 is 0 Å². The number of esters is 2. The molecule has 0 unspecified atom stereocenters. The molecule has 5 nitrogen and oxygen atoms in total. The SMILES string of the molecule is COC(=O)c1ccc(COC(=O)c2cc3c(F)cccc3s2)o1. The summed E-state index contributed by atoms with van der Waals surface area (Å²) >= 11 is 1.15. The number of hydrogen-bond donors (Lipinski definition) is 0. The van der Waals surface area contributed by atoms with Crippen molar-refractivity contribution in [2.75, 3.05) is 7.11 Å². The molecule has 0 aliphatic carbocycles. The molecule has 0 N–H and O–H groups in total. The number of methoxy groups -OCH3 is 1. The predicted molar refractivity (Wildman–Crippen MR) is 81.0 cm³/mol. The van der Waals surface area contributed by atoms with Crippen LogP contribution in [0, 0.1) is 5.82 Å². The van der Waals surface area contributed by atoms with E-state index in [2.05, 4.69) is 4.74 Å². The molecular weight excluding hydrogens is 323 g/mol.